The van der Waals surface area contributed by atoms with E-state index in [2.05, 4.69) is 28.9 Å². The highest BCUT2D eigenvalue weighted by atomic mass is 16.3. The number of ketones is 1. The van der Waals surface area contributed by atoms with Crippen LogP contribution in [0, 0.1) is 0 Å². The number of aldehydes is 1. The first kappa shape index (κ1) is 20.8. The van der Waals surface area contributed by atoms with Crippen LogP contribution in [-0.2, 0) is 11.3 Å². The molecule has 7 nitrogen and oxygen atoms in total. The Labute approximate surface area is 180 Å². The molecule has 2 heterocycles. The van der Waals surface area contributed by atoms with Gasteiger partial charge in [0.05, 0.1) is 11.1 Å². The van der Waals surface area contributed by atoms with Crippen LogP contribution in [-0.4, -0.2) is 63.0 Å². The van der Waals surface area contributed by atoms with Crippen LogP contribution in [0.15, 0.2) is 48.7 Å². The van der Waals surface area contributed by atoms with E-state index >= 15 is 0 Å². The van der Waals surface area contributed by atoms with Gasteiger partial charge >= 0.3 is 0 Å². The summed E-state index contributed by atoms with van der Waals surface area (Å²) in [4.78, 5) is 43.1. The lowest BCUT2D eigenvalue weighted by molar-refractivity contribution is -0.104. The van der Waals surface area contributed by atoms with Crippen molar-refractivity contribution in [2.45, 2.75) is 32.5 Å². The minimum absolute atomic E-state index is 0.0511. The van der Waals surface area contributed by atoms with Crippen LogP contribution in [0.2, 0.25) is 0 Å². The summed E-state index contributed by atoms with van der Waals surface area (Å²) in [5.41, 5.74) is 2.04. The maximum absolute atomic E-state index is 13.3. The minimum atomic E-state index is -0.674. The van der Waals surface area contributed by atoms with Crippen molar-refractivity contribution < 1.29 is 19.5 Å². The van der Waals surface area contributed by atoms with Gasteiger partial charge < -0.3 is 15.0 Å². The lowest BCUT2D eigenvalue weighted by atomic mass is 10.0. The highest BCUT2D eigenvalue weighted by Gasteiger charge is 2.33. The molecule has 1 aromatic heterocycles. The second kappa shape index (κ2) is 8.35. The van der Waals surface area contributed by atoms with Gasteiger partial charge in [-0.2, -0.15) is 0 Å². The van der Waals surface area contributed by atoms with Gasteiger partial charge in [-0.3, -0.25) is 19.3 Å². The molecule has 1 amide bonds. The Kier molecular flexibility index (Phi) is 5.61. The molecule has 0 spiro atoms. The third kappa shape index (κ3) is 3.96. The molecule has 0 saturated carbocycles. The molecule has 31 heavy (non-hydrogen) atoms. The number of aromatic nitrogens is 1. The number of Topliss-reactive ketones (excluding diaryl/α,β-unsaturated/α-hetero) is 1. The largest absolute Gasteiger partial charge is 0.507 e. The summed E-state index contributed by atoms with van der Waals surface area (Å²) in [6.45, 7) is 6.13. The van der Waals surface area contributed by atoms with E-state index in [4.69, 9.17) is 0 Å². The van der Waals surface area contributed by atoms with Crippen molar-refractivity contribution in [2.24, 2.45) is 0 Å². The number of phenols is 1. The topological polar surface area (TPSA) is 93.7 Å². The number of phenolic OH excluding ortho intramolecular Hbond substituents is 1. The van der Waals surface area contributed by atoms with Crippen LogP contribution in [0.5, 0.6) is 5.75 Å². The zero-order valence-corrected chi connectivity index (χ0v) is 17.5. The molecule has 1 aliphatic rings. The van der Waals surface area contributed by atoms with E-state index in [1.165, 1.54) is 23.9 Å². The molecule has 4 rings (SSSR count). The molecular formula is C24H25N3O4. The zero-order valence-electron chi connectivity index (χ0n) is 17.5. The molecule has 0 aliphatic carbocycles. The third-order valence-electron chi connectivity index (χ3n) is 6.01. The minimum Gasteiger partial charge on any atom is -0.507 e. The Bertz CT molecular complexity index is 1140. The van der Waals surface area contributed by atoms with E-state index in [1.54, 1.807) is 4.90 Å². The van der Waals surface area contributed by atoms with Crippen molar-refractivity contribution in [1.29, 1.82) is 0 Å². The van der Waals surface area contributed by atoms with Gasteiger partial charge in [0.2, 0.25) is 5.78 Å². The number of amides is 1. The van der Waals surface area contributed by atoms with Gasteiger partial charge in [0.15, 0.2) is 6.29 Å². The van der Waals surface area contributed by atoms with E-state index in [-0.39, 0.29) is 41.2 Å². The molecule has 1 aliphatic heterocycles. The number of carbonyl (C=O) groups is 3. The smallest absolute Gasteiger partial charge is 0.257 e. The van der Waals surface area contributed by atoms with Crippen LogP contribution in [0.1, 0.15) is 40.1 Å². The maximum Gasteiger partial charge on any atom is 0.257 e. The zero-order chi connectivity index (χ0) is 22.1. The average Bonchev–Trinajstić information content (AvgIpc) is 3.17. The number of piperazine rings is 1. The standard InChI is InChI=1S/C24H25N3O4/c1-15-12-27(16(2)11-26(15)13-17-6-4-3-5-7-17)24(31)19-8-18-20(23(30)14-28)10-25-21(18)9-22(19)29/h3-10,14-16,25,29H,11-13H2,1-2H3/t15-,16?/m0/s1. The molecule has 160 valence electrons. The van der Waals surface area contributed by atoms with E-state index in [1.807, 2.05) is 25.1 Å². The number of nitrogens with zero attached hydrogens (tertiary/aromatic N) is 2. The van der Waals surface area contributed by atoms with Crippen molar-refractivity contribution in [2.75, 3.05) is 13.1 Å². The molecular weight excluding hydrogens is 394 g/mol. The van der Waals surface area contributed by atoms with Gasteiger partial charge in [-0.1, -0.05) is 30.3 Å². The highest BCUT2D eigenvalue weighted by Crippen LogP contribution is 2.30. The van der Waals surface area contributed by atoms with Gasteiger partial charge in [-0.25, -0.2) is 0 Å². The van der Waals surface area contributed by atoms with Crippen molar-refractivity contribution in [3.63, 3.8) is 0 Å². The van der Waals surface area contributed by atoms with Crippen LogP contribution in [0.4, 0.5) is 0 Å². The van der Waals surface area contributed by atoms with Crippen LogP contribution >= 0.6 is 0 Å². The van der Waals surface area contributed by atoms with E-state index in [0.717, 1.165) is 6.54 Å². The molecule has 7 heteroatoms. The number of benzene rings is 2. The van der Waals surface area contributed by atoms with Gasteiger partial charge in [0.1, 0.15) is 5.75 Å². The molecule has 3 aromatic rings. The Balaban J connectivity index is 1.58. The lowest BCUT2D eigenvalue weighted by Gasteiger charge is -2.44. The number of hydrogen-bond acceptors (Lipinski definition) is 5. The van der Waals surface area contributed by atoms with E-state index in [9.17, 15) is 19.5 Å². The molecule has 1 fully saturated rings. The van der Waals surface area contributed by atoms with Crippen molar-refractivity contribution in [3.8, 4) is 5.75 Å². The fourth-order valence-corrected chi connectivity index (χ4v) is 4.27. The fourth-order valence-electron chi connectivity index (χ4n) is 4.27. The summed E-state index contributed by atoms with van der Waals surface area (Å²) in [5, 5.41) is 10.9. The van der Waals surface area contributed by atoms with Crippen LogP contribution < -0.4 is 0 Å². The maximum atomic E-state index is 13.3. The van der Waals surface area contributed by atoms with Gasteiger partial charge in [0, 0.05) is 54.9 Å². The predicted molar refractivity (Wildman–Crippen MR) is 117 cm³/mol. The molecule has 2 aromatic carbocycles. The molecule has 0 radical (unpaired) electrons. The fraction of sp³-hybridized carbons (Fsp3) is 0.292. The highest BCUT2D eigenvalue weighted by molar-refractivity contribution is 6.36. The Morgan fingerprint density at radius 2 is 1.84 bits per heavy atom. The molecule has 2 atom stereocenters. The molecule has 1 unspecified atom stereocenters. The summed E-state index contributed by atoms with van der Waals surface area (Å²) in [7, 11) is 0. The summed E-state index contributed by atoms with van der Waals surface area (Å²) >= 11 is 0. The Morgan fingerprint density at radius 1 is 1.10 bits per heavy atom. The summed E-state index contributed by atoms with van der Waals surface area (Å²) in [6, 6.07) is 13.2. The van der Waals surface area contributed by atoms with Crippen LogP contribution in [0.3, 0.4) is 0 Å². The van der Waals surface area contributed by atoms with Crippen molar-refractivity contribution in [1.82, 2.24) is 14.8 Å². The quantitative estimate of drug-likeness (QED) is 0.377. The second-order valence-corrected chi connectivity index (χ2v) is 8.17. The van der Waals surface area contributed by atoms with Crippen molar-refractivity contribution in [3.05, 3.63) is 65.4 Å². The van der Waals surface area contributed by atoms with Crippen molar-refractivity contribution >= 4 is 28.9 Å². The number of rotatable bonds is 5. The first-order valence-corrected chi connectivity index (χ1v) is 10.3. The monoisotopic (exact) mass is 419 g/mol. The molecule has 2 N–H and O–H groups in total. The summed E-state index contributed by atoms with van der Waals surface area (Å²) in [6.07, 6.45) is 1.66. The number of H-pyrrole nitrogens is 1. The SMILES string of the molecule is CC1CN(Cc2ccccc2)[C@@H](C)CN1C(=O)c1cc2c(C(=O)C=O)c[nH]c2cc1O. The second-order valence-electron chi connectivity index (χ2n) is 8.17. The average molecular weight is 419 g/mol. The number of aromatic amines is 1. The van der Waals surface area contributed by atoms with E-state index in [0.29, 0.717) is 24.0 Å². The first-order valence-electron chi connectivity index (χ1n) is 10.3. The molecule has 1 saturated heterocycles. The Hall–Kier alpha value is -3.45. The summed E-state index contributed by atoms with van der Waals surface area (Å²) < 4.78 is 0. The summed E-state index contributed by atoms with van der Waals surface area (Å²) in [5.74, 6) is -1.12. The number of aromatic hydroxyl groups is 1. The number of carbonyl (C=O) groups excluding carboxylic acids is 3. The normalized spacial score (nSPS) is 19.5. The molecule has 0 bridgehead atoms. The van der Waals surface area contributed by atoms with Gasteiger partial charge in [-0.15, -0.1) is 0 Å². The Morgan fingerprint density at radius 3 is 2.55 bits per heavy atom. The number of hydrogen-bond donors (Lipinski definition) is 2. The van der Waals surface area contributed by atoms with E-state index < -0.39 is 5.78 Å². The number of nitrogens with one attached hydrogen (secondary N) is 1. The van der Waals surface area contributed by atoms with Gasteiger partial charge in [-0.05, 0) is 25.5 Å². The lowest BCUT2D eigenvalue weighted by Crippen LogP contribution is -2.57. The number of fused-ring (bicyclic) bond motifs is 1. The van der Waals surface area contributed by atoms with Gasteiger partial charge in [0.25, 0.3) is 5.91 Å². The van der Waals surface area contributed by atoms with Crippen LogP contribution in [0.25, 0.3) is 10.9 Å². The third-order valence-corrected chi connectivity index (χ3v) is 6.01. The predicted octanol–water partition coefficient (Wildman–Crippen LogP) is 2.99. The first-order chi connectivity index (χ1) is 14.9.